The van der Waals surface area contributed by atoms with Crippen molar-refractivity contribution in [3.05, 3.63) is 0 Å². The molecule has 0 aliphatic carbocycles. The minimum Gasteiger partial charge on any atom is -0.390 e. The van der Waals surface area contributed by atoms with Gasteiger partial charge in [-0.3, -0.25) is 0 Å². The van der Waals surface area contributed by atoms with Crippen molar-refractivity contribution in [2.45, 2.75) is 43.3 Å². The Morgan fingerprint density at radius 2 is 2.10 bits per heavy atom. The van der Waals surface area contributed by atoms with Crippen LogP contribution in [-0.4, -0.2) is 21.2 Å². The predicted molar refractivity (Wildman–Crippen MR) is 49.3 cm³/mol. The van der Waals surface area contributed by atoms with E-state index in [0.29, 0.717) is 5.25 Å². The van der Waals surface area contributed by atoms with Gasteiger partial charge in [-0.25, -0.2) is 0 Å². The Kier molecular flexibility index (Phi) is 2.59. The molecule has 1 aliphatic rings. The zero-order chi connectivity index (χ0) is 7.78. The molecule has 0 bridgehead atoms. The van der Waals surface area contributed by atoms with Gasteiger partial charge < -0.3 is 5.11 Å². The quantitative estimate of drug-likeness (QED) is 0.622. The van der Waals surface area contributed by atoms with Crippen molar-refractivity contribution in [2.24, 2.45) is 0 Å². The SMILES string of the molecule is CCC1SSC(C)(C)C1O. The van der Waals surface area contributed by atoms with E-state index < -0.39 is 0 Å². The second-order valence-electron chi connectivity index (χ2n) is 3.17. The van der Waals surface area contributed by atoms with E-state index in [9.17, 15) is 5.11 Å². The fraction of sp³-hybridized carbons (Fsp3) is 1.00. The standard InChI is InChI=1S/C7H14OS2/c1-4-5-6(8)7(2,3)10-9-5/h5-6,8H,4H2,1-3H3. The Labute approximate surface area is 70.4 Å². The largest absolute Gasteiger partial charge is 0.390 e. The molecule has 1 rings (SSSR count). The van der Waals surface area contributed by atoms with Gasteiger partial charge in [-0.15, -0.1) is 0 Å². The number of aliphatic hydroxyl groups is 1. The molecular weight excluding hydrogens is 164 g/mol. The van der Waals surface area contributed by atoms with Crippen LogP contribution in [0.4, 0.5) is 0 Å². The first-order valence-corrected chi connectivity index (χ1v) is 5.82. The normalized spacial score (nSPS) is 38.4. The minimum atomic E-state index is -0.132. The molecule has 1 heterocycles. The molecule has 10 heavy (non-hydrogen) atoms. The van der Waals surface area contributed by atoms with E-state index in [4.69, 9.17) is 0 Å². The highest BCUT2D eigenvalue weighted by molar-refractivity contribution is 8.77. The van der Waals surface area contributed by atoms with Crippen molar-refractivity contribution in [1.82, 2.24) is 0 Å². The van der Waals surface area contributed by atoms with Crippen LogP contribution in [0.5, 0.6) is 0 Å². The molecule has 0 amide bonds. The minimum absolute atomic E-state index is 0.0609. The van der Waals surface area contributed by atoms with Crippen molar-refractivity contribution in [3.63, 3.8) is 0 Å². The third-order valence-corrected chi connectivity index (χ3v) is 5.78. The van der Waals surface area contributed by atoms with Crippen LogP contribution in [0, 0.1) is 0 Å². The van der Waals surface area contributed by atoms with Crippen LogP contribution in [0.25, 0.3) is 0 Å². The molecule has 1 fully saturated rings. The summed E-state index contributed by atoms with van der Waals surface area (Å²) in [6, 6.07) is 0. The lowest BCUT2D eigenvalue weighted by molar-refractivity contribution is 0.141. The van der Waals surface area contributed by atoms with E-state index >= 15 is 0 Å². The highest BCUT2D eigenvalue weighted by atomic mass is 33.1. The Bertz CT molecular complexity index is 125. The highest BCUT2D eigenvalue weighted by Crippen LogP contribution is 2.51. The molecule has 0 radical (unpaired) electrons. The van der Waals surface area contributed by atoms with Gasteiger partial charge in [0.05, 0.1) is 6.10 Å². The molecule has 1 N–H and O–H groups in total. The van der Waals surface area contributed by atoms with E-state index in [0.717, 1.165) is 6.42 Å². The Hall–Kier alpha value is 0.660. The van der Waals surface area contributed by atoms with Crippen LogP contribution < -0.4 is 0 Å². The molecule has 2 atom stereocenters. The summed E-state index contributed by atoms with van der Waals surface area (Å²) in [5.74, 6) is 0. The first-order chi connectivity index (χ1) is 4.58. The second-order valence-corrected chi connectivity index (χ2v) is 6.27. The van der Waals surface area contributed by atoms with Crippen molar-refractivity contribution in [3.8, 4) is 0 Å². The summed E-state index contributed by atoms with van der Waals surface area (Å²) in [4.78, 5) is 0. The second kappa shape index (κ2) is 2.95. The summed E-state index contributed by atoms with van der Waals surface area (Å²) in [6.45, 7) is 6.33. The van der Waals surface area contributed by atoms with Gasteiger partial charge in [0.1, 0.15) is 0 Å². The summed E-state index contributed by atoms with van der Waals surface area (Å²) in [5, 5.41) is 10.1. The highest BCUT2D eigenvalue weighted by Gasteiger charge is 2.41. The van der Waals surface area contributed by atoms with Gasteiger partial charge in [0.15, 0.2) is 0 Å². The van der Waals surface area contributed by atoms with Gasteiger partial charge in [-0.05, 0) is 20.3 Å². The summed E-state index contributed by atoms with van der Waals surface area (Å²) in [7, 11) is 3.63. The van der Waals surface area contributed by atoms with E-state index in [1.807, 2.05) is 10.8 Å². The van der Waals surface area contributed by atoms with E-state index in [1.54, 1.807) is 10.8 Å². The summed E-state index contributed by atoms with van der Waals surface area (Å²) in [6.07, 6.45) is 0.940. The summed E-state index contributed by atoms with van der Waals surface area (Å²) < 4.78 is 0.0609. The van der Waals surface area contributed by atoms with Gasteiger partial charge in [-0.1, -0.05) is 28.5 Å². The van der Waals surface area contributed by atoms with Crippen molar-refractivity contribution in [2.75, 3.05) is 0 Å². The van der Waals surface area contributed by atoms with Crippen LogP contribution in [0.15, 0.2) is 0 Å². The van der Waals surface area contributed by atoms with Crippen molar-refractivity contribution < 1.29 is 5.11 Å². The van der Waals surface area contributed by atoms with Crippen molar-refractivity contribution in [1.29, 1.82) is 0 Å². The zero-order valence-electron chi connectivity index (χ0n) is 6.63. The first-order valence-electron chi connectivity index (χ1n) is 3.60. The number of hydrogen-bond donors (Lipinski definition) is 1. The maximum absolute atomic E-state index is 9.68. The molecule has 0 spiro atoms. The molecule has 1 aliphatic heterocycles. The average molecular weight is 178 g/mol. The molecule has 0 aromatic rings. The molecule has 1 saturated heterocycles. The third kappa shape index (κ3) is 1.46. The lowest BCUT2D eigenvalue weighted by atomic mass is 10.0. The van der Waals surface area contributed by atoms with Gasteiger partial charge >= 0.3 is 0 Å². The van der Waals surface area contributed by atoms with Crippen LogP contribution in [-0.2, 0) is 0 Å². The first kappa shape index (κ1) is 8.75. The number of rotatable bonds is 1. The predicted octanol–water partition coefficient (Wildman–Crippen LogP) is 2.30. The summed E-state index contributed by atoms with van der Waals surface area (Å²) >= 11 is 0. The Morgan fingerprint density at radius 3 is 2.30 bits per heavy atom. The van der Waals surface area contributed by atoms with Gasteiger partial charge in [0.2, 0.25) is 0 Å². The number of hydrogen-bond acceptors (Lipinski definition) is 3. The molecule has 0 saturated carbocycles. The lowest BCUT2D eigenvalue weighted by Crippen LogP contribution is -2.34. The maximum atomic E-state index is 9.68. The fourth-order valence-electron chi connectivity index (χ4n) is 1.03. The lowest BCUT2D eigenvalue weighted by Gasteiger charge is -2.21. The Balaban J connectivity index is 2.58. The Morgan fingerprint density at radius 1 is 1.50 bits per heavy atom. The maximum Gasteiger partial charge on any atom is 0.0816 e. The van der Waals surface area contributed by atoms with Gasteiger partial charge in [-0.2, -0.15) is 0 Å². The van der Waals surface area contributed by atoms with Gasteiger partial charge in [0, 0.05) is 10.00 Å². The van der Waals surface area contributed by atoms with E-state index in [2.05, 4.69) is 20.8 Å². The average Bonchev–Trinajstić information content (AvgIpc) is 2.10. The van der Waals surface area contributed by atoms with E-state index in [1.165, 1.54) is 0 Å². The van der Waals surface area contributed by atoms with Crippen molar-refractivity contribution >= 4 is 21.6 Å². The van der Waals surface area contributed by atoms with Gasteiger partial charge in [0.25, 0.3) is 0 Å². The smallest absolute Gasteiger partial charge is 0.0816 e. The van der Waals surface area contributed by atoms with Crippen LogP contribution in [0.1, 0.15) is 27.2 Å². The van der Waals surface area contributed by atoms with Crippen LogP contribution in [0.2, 0.25) is 0 Å². The monoisotopic (exact) mass is 178 g/mol. The molecule has 3 heteroatoms. The molecular formula is C7H14OS2. The van der Waals surface area contributed by atoms with E-state index in [-0.39, 0.29) is 10.9 Å². The molecule has 0 aromatic carbocycles. The zero-order valence-corrected chi connectivity index (χ0v) is 8.26. The molecule has 0 aromatic heterocycles. The van der Waals surface area contributed by atoms with Crippen LogP contribution in [0.3, 0.4) is 0 Å². The molecule has 1 nitrogen and oxygen atoms in total. The number of aliphatic hydroxyl groups excluding tert-OH is 1. The fourth-order valence-corrected chi connectivity index (χ4v) is 4.46. The topological polar surface area (TPSA) is 20.2 Å². The molecule has 2 unspecified atom stereocenters. The molecule has 60 valence electrons. The third-order valence-electron chi connectivity index (χ3n) is 1.85. The summed E-state index contributed by atoms with van der Waals surface area (Å²) in [5.41, 5.74) is 0. The van der Waals surface area contributed by atoms with Crippen LogP contribution >= 0.6 is 21.6 Å².